The number of rotatable bonds is 4. The van der Waals surface area contributed by atoms with E-state index in [4.69, 9.17) is 0 Å². The number of hydrogen-bond donors (Lipinski definition) is 1. The van der Waals surface area contributed by atoms with Crippen molar-refractivity contribution in [1.82, 2.24) is 14.8 Å². The third kappa shape index (κ3) is 3.98. The lowest BCUT2D eigenvalue weighted by atomic mass is 10.0. The van der Waals surface area contributed by atoms with Crippen LogP contribution in [0.5, 0.6) is 0 Å². The van der Waals surface area contributed by atoms with Crippen LogP contribution in [-0.2, 0) is 12.7 Å². The molecule has 0 aliphatic carbocycles. The second kappa shape index (κ2) is 7.90. The molecule has 0 saturated heterocycles. The van der Waals surface area contributed by atoms with E-state index in [9.17, 15) is 32.0 Å². The van der Waals surface area contributed by atoms with Crippen molar-refractivity contribution in [2.45, 2.75) is 19.6 Å². The number of pyridine rings is 1. The van der Waals surface area contributed by atoms with Crippen LogP contribution in [0.25, 0.3) is 11.3 Å². The maximum atomic E-state index is 13.7. The highest BCUT2D eigenvalue weighted by Gasteiger charge is 2.35. The minimum atomic E-state index is -4.67. The molecule has 3 rings (SSSR count). The summed E-state index contributed by atoms with van der Waals surface area (Å²) in [4.78, 5) is 15.7. The molecule has 0 radical (unpaired) electrons. The monoisotopic (exact) mass is 421 g/mol. The van der Waals surface area contributed by atoms with E-state index in [0.29, 0.717) is 12.4 Å². The van der Waals surface area contributed by atoms with Crippen LogP contribution in [-0.4, -0.2) is 20.7 Å². The normalized spacial score (nSPS) is 11.2. The second-order valence-electron chi connectivity index (χ2n) is 6.03. The maximum Gasteiger partial charge on any atom is 0.435 e. The number of nitrogens with one attached hydrogen (secondary N) is 1. The van der Waals surface area contributed by atoms with Crippen LogP contribution in [0.2, 0.25) is 0 Å². The first-order valence-corrected chi connectivity index (χ1v) is 8.45. The van der Waals surface area contributed by atoms with Crippen molar-refractivity contribution in [1.29, 1.82) is 5.26 Å². The van der Waals surface area contributed by atoms with E-state index >= 15 is 0 Å². The van der Waals surface area contributed by atoms with E-state index in [1.165, 1.54) is 12.1 Å². The van der Waals surface area contributed by atoms with Gasteiger partial charge in [0, 0.05) is 17.7 Å². The number of halogens is 5. The topological polar surface area (TPSA) is 83.6 Å². The molecule has 1 amide bonds. The van der Waals surface area contributed by atoms with Gasteiger partial charge in [0.1, 0.15) is 5.69 Å². The summed E-state index contributed by atoms with van der Waals surface area (Å²) in [6.07, 6.45) is -3.24. The minimum absolute atomic E-state index is 0.0413. The number of aryl methyl sites for hydroxylation is 1. The molecule has 1 aromatic carbocycles. The van der Waals surface area contributed by atoms with E-state index in [0.717, 1.165) is 16.8 Å². The van der Waals surface area contributed by atoms with E-state index in [-0.39, 0.29) is 28.9 Å². The molecule has 30 heavy (non-hydrogen) atoms. The summed E-state index contributed by atoms with van der Waals surface area (Å²) in [7, 11) is 0. The Balaban J connectivity index is 1.99. The molecular formula is C19H12F5N5O. The molecule has 11 heteroatoms. The molecular weight excluding hydrogens is 409 g/mol. The second-order valence-corrected chi connectivity index (χ2v) is 6.03. The molecule has 6 nitrogen and oxygen atoms in total. The molecule has 0 bridgehead atoms. The van der Waals surface area contributed by atoms with Gasteiger partial charge < -0.3 is 5.32 Å². The fraction of sp³-hybridized carbons (Fsp3) is 0.158. The smallest absolute Gasteiger partial charge is 0.317 e. The standard InChI is InChI=1S/C19H12F5N5O/c1-2-29-15(6-16(28-29)19(22,23)24)12-4-3-10(5-11(12)7-25)18(30)27-17-13(20)8-26-9-14(17)21/h3-6,8-9H,2H2,1H3,(H,26,27,30). The van der Waals surface area contributed by atoms with Crippen molar-refractivity contribution in [2.24, 2.45) is 0 Å². The lowest BCUT2D eigenvalue weighted by molar-refractivity contribution is -0.141. The fourth-order valence-electron chi connectivity index (χ4n) is 2.73. The number of benzene rings is 1. The van der Waals surface area contributed by atoms with Gasteiger partial charge in [-0.15, -0.1) is 0 Å². The summed E-state index contributed by atoms with van der Waals surface area (Å²) >= 11 is 0. The molecule has 0 spiro atoms. The number of nitrogens with zero attached hydrogens (tertiary/aromatic N) is 4. The Bertz CT molecular complexity index is 1140. The molecule has 3 aromatic rings. The highest BCUT2D eigenvalue weighted by Crippen LogP contribution is 2.33. The van der Waals surface area contributed by atoms with Crippen molar-refractivity contribution < 1.29 is 26.7 Å². The predicted octanol–water partition coefficient (Wildman–Crippen LogP) is 4.39. The highest BCUT2D eigenvalue weighted by atomic mass is 19.4. The van der Waals surface area contributed by atoms with Crippen LogP contribution < -0.4 is 5.32 Å². The van der Waals surface area contributed by atoms with E-state index < -0.39 is 35.1 Å². The minimum Gasteiger partial charge on any atom is -0.317 e. The Labute approximate surface area is 166 Å². The molecule has 2 heterocycles. The number of anilines is 1. The molecule has 0 fully saturated rings. The maximum absolute atomic E-state index is 13.7. The summed E-state index contributed by atoms with van der Waals surface area (Å²) in [5.41, 5.74) is -1.89. The number of hydrogen-bond acceptors (Lipinski definition) is 4. The van der Waals surface area contributed by atoms with Crippen molar-refractivity contribution in [3.05, 3.63) is 65.1 Å². The van der Waals surface area contributed by atoms with Gasteiger partial charge in [-0.1, -0.05) is 6.07 Å². The van der Waals surface area contributed by atoms with Gasteiger partial charge in [0.05, 0.1) is 29.7 Å². The first-order valence-electron chi connectivity index (χ1n) is 8.45. The molecule has 0 atom stereocenters. The van der Waals surface area contributed by atoms with Crippen LogP contribution in [0.4, 0.5) is 27.6 Å². The Hall–Kier alpha value is -3.81. The van der Waals surface area contributed by atoms with Crippen molar-refractivity contribution in [2.75, 3.05) is 5.32 Å². The number of aromatic nitrogens is 3. The number of amides is 1. The van der Waals surface area contributed by atoms with E-state index in [2.05, 4.69) is 10.1 Å². The number of nitriles is 1. The number of alkyl halides is 3. The Morgan fingerprint density at radius 1 is 1.20 bits per heavy atom. The molecule has 1 N–H and O–H groups in total. The van der Waals surface area contributed by atoms with Gasteiger partial charge in [-0.3, -0.25) is 14.5 Å². The Morgan fingerprint density at radius 2 is 1.87 bits per heavy atom. The van der Waals surface area contributed by atoms with Crippen LogP contribution in [0, 0.1) is 23.0 Å². The average molecular weight is 421 g/mol. The van der Waals surface area contributed by atoms with Gasteiger partial charge in [0.25, 0.3) is 5.91 Å². The third-order valence-electron chi connectivity index (χ3n) is 4.14. The van der Waals surface area contributed by atoms with E-state index in [1.54, 1.807) is 6.92 Å². The quantitative estimate of drug-likeness (QED) is 0.634. The fourth-order valence-corrected chi connectivity index (χ4v) is 2.73. The van der Waals surface area contributed by atoms with E-state index in [1.807, 2.05) is 11.4 Å². The molecule has 0 saturated carbocycles. The van der Waals surface area contributed by atoms with Crippen LogP contribution >= 0.6 is 0 Å². The number of carbonyl (C=O) groups is 1. The molecule has 0 aliphatic heterocycles. The highest BCUT2D eigenvalue weighted by molar-refractivity contribution is 6.05. The summed E-state index contributed by atoms with van der Waals surface area (Å²) in [5.74, 6) is -3.10. The van der Waals surface area contributed by atoms with Crippen molar-refractivity contribution in [3.63, 3.8) is 0 Å². The zero-order valence-corrected chi connectivity index (χ0v) is 15.3. The average Bonchev–Trinajstić information content (AvgIpc) is 3.15. The SMILES string of the molecule is CCn1nc(C(F)(F)F)cc1-c1ccc(C(=O)Nc2c(F)cncc2F)cc1C#N. The van der Waals surface area contributed by atoms with Crippen molar-refractivity contribution in [3.8, 4) is 17.3 Å². The Morgan fingerprint density at radius 3 is 2.43 bits per heavy atom. The third-order valence-corrected chi connectivity index (χ3v) is 4.14. The molecule has 0 aliphatic rings. The van der Waals surface area contributed by atoms with Gasteiger partial charge in [-0.25, -0.2) is 8.78 Å². The van der Waals surface area contributed by atoms with Gasteiger partial charge >= 0.3 is 6.18 Å². The lowest BCUT2D eigenvalue weighted by Crippen LogP contribution is -2.15. The number of carbonyl (C=O) groups excluding carboxylic acids is 1. The first-order chi connectivity index (χ1) is 14.2. The summed E-state index contributed by atoms with van der Waals surface area (Å²) < 4.78 is 67.4. The Kier molecular flexibility index (Phi) is 5.51. The zero-order valence-electron chi connectivity index (χ0n) is 15.3. The zero-order chi connectivity index (χ0) is 22.1. The van der Waals surface area contributed by atoms with Gasteiger partial charge in [0.15, 0.2) is 17.3 Å². The molecule has 154 valence electrons. The molecule has 0 unspecified atom stereocenters. The van der Waals surface area contributed by atoms with Gasteiger partial charge in [-0.2, -0.15) is 23.5 Å². The van der Waals surface area contributed by atoms with Crippen LogP contribution in [0.1, 0.15) is 28.5 Å². The predicted molar refractivity (Wildman–Crippen MR) is 95.2 cm³/mol. The van der Waals surface area contributed by atoms with Gasteiger partial charge in [-0.05, 0) is 25.1 Å². The first kappa shape index (κ1) is 20.9. The lowest BCUT2D eigenvalue weighted by Gasteiger charge is -2.10. The van der Waals surface area contributed by atoms with Crippen LogP contribution in [0.15, 0.2) is 36.7 Å². The summed E-state index contributed by atoms with van der Waals surface area (Å²) in [6.45, 7) is 1.70. The summed E-state index contributed by atoms with van der Waals surface area (Å²) in [5, 5.41) is 15.0. The summed E-state index contributed by atoms with van der Waals surface area (Å²) in [6, 6.07) is 6.23. The van der Waals surface area contributed by atoms with Crippen molar-refractivity contribution >= 4 is 11.6 Å². The van der Waals surface area contributed by atoms with Gasteiger partial charge in [0.2, 0.25) is 0 Å². The van der Waals surface area contributed by atoms with Crippen LogP contribution in [0.3, 0.4) is 0 Å². The molecule has 2 aromatic heterocycles. The largest absolute Gasteiger partial charge is 0.435 e.